The van der Waals surface area contributed by atoms with Crippen LogP contribution in [0.15, 0.2) is 0 Å². The smallest absolute Gasteiger partial charge is 0.0224 e. The number of fused-ring (bicyclic) bond motifs is 1. The Hall–Kier alpha value is 0.270. The fourth-order valence-corrected chi connectivity index (χ4v) is 3.53. The van der Waals surface area contributed by atoms with E-state index in [0.29, 0.717) is 0 Å². The van der Waals surface area contributed by atoms with Crippen LogP contribution in [0.4, 0.5) is 0 Å². The van der Waals surface area contributed by atoms with Gasteiger partial charge in [-0.2, -0.15) is 12.6 Å². The topological polar surface area (TPSA) is 6.48 Å². The third-order valence-electron chi connectivity index (χ3n) is 4.14. The summed E-state index contributed by atoms with van der Waals surface area (Å²) in [6, 6.07) is 0.871. The van der Waals surface area contributed by atoms with E-state index in [2.05, 4.69) is 29.4 Å². The lowest BCUT2D eigenvalue weighted by Crippen LogP contribution is -2.51. The number of hydrogen-bond acceptors (Lipinski definition) is 3. The van der Waals surface area contributed by atoms with Crippen LogP contribution in [0.3, 0.4) is 0 Å². The largest absolute Gasteiger partial charge is 0.300 e. The first kappa shape index (κ1) is 12.7. The van der Waals surface area contributed by atoms with Crippen molar-refractivity contribution in [3.05, 3.63) is 0 Å². The summed E-state index contributed by atoms with van der Waals surface area (Å²) >= 11 is 4.49. The highest BCUT2D eigenvalue weighted by atomic mass is 32.1. The first-order chi connectivity index (χ1) is 7.83. The molecule has 0 spiro atoms. The number of nitrogens with zero attached hydrogens (tertiary/aromatic N) is 2. The molecule has 3 heteroatoms. The lowest BCUT2D eigenvalue weighted by Gasteiger charge is -2.38. The number of hydrogen-bond donors (Lipinski definition) is 1. The molecule has 2 aliphatic rings. The molecule has 0 aromatic carbocycles. The Labute approximate surface area is 106 Å². The second-order valence-electron chi connectivity index (χ2n) is 5.43. The molecule has 2 unspecified atom stereocenters. The van der Waals surface area contributed by atoms with Crippen molar-refractivity contribution in [2.24, 2.45) is 5.92 Å². The van der Waals surface area contributed by atoms with E-state index in [1.165, 1.54) is 58.4 Å². The van der Waals surface area contributed by atoms with Gasteiger partial charge in [0, 0.05) is 32.2 Å². The van der Waals surface area contributed by atoms with Crippen LogP contribution in [-0.4, -0.2) is 54.3 Å². The lowest BCUT2D eigenvalue weighted by atomic mass is 10.0. The van der Waals surface area contributed by atoms with Crippen molar-refractivity contribution in [1.29, 1.82) is 0 Å². The minimum absolute atomic E-state index is 0.807. The zero-order valence-electron chi connectivity index (χ0n) is 10.6. The quantitative estimate of drug-likeness (QED) is 0.738. The van der Waals surface area contributed by atoms with Crippen molar-refractivity contribution >= 4 is 12.6 Å². The van der Waals surface area contributed by atoms with Gasteiger partial charge in [-0.15, -0.1) is 0 Å². The van der Waals surface area contributed by atoms with Crippen molar-refractivity contribution < 1.29 is 0 Å². The average Bonchev–Trinajstić information content (AvgIpc) is 2.75. The molecule has 16 heavy (non-hydrogen) atoms. The Morgan fingerprint density at radius 3 is 2.94 bits per heavy atom. The summed E-state index contributed by atoms with van der Waals surface area (Å²) < 4.78 is 0. The summed E-state index contributed by atoms with van der Waals surface area (Å²) in [4.78, 5) is 5.37. The molecule has 2 heterocycles. The SMILES string of the molecule is CCCC(CS)CN1CCN2CCCC2C1. The predicted octanol–water partition coefficient (Wildman–Crippen LogP) is 2.11. The molecule has 0 amide bonds. The number of piperazine rings is 1. The van der Waals surface area contributed by atoms with Crippen LogP contribution in [-0.2, 0) is 0 Å². The summed E-state index contributed by atoms with van der Waals surface area (Å²) in [5.74, 6) is 1.86. The van der Waals surface area contributed by atoms with Gasteiger partial charge < -0.3 is 4.90 Å². The van der Waals surface area contributed by atoms with E-state index < -0.39 is 0 Å². The highest BCUT2D eigenvalue weighted by Crippen LogP contribution is 2.22. The first-order valence-electron chi connectivity index (χ1n) is 6.90. The molecule has 2 rings (SSSR count). The van der Waals surface area contributed by atoms with Crippen LogP contribution in [0.2, 0.25) is 0 Å². The van der Waals surface area contributed by atoms with Gasteiger partial charge >= 0.3 is 0 Å². The molecule has 0 aliphatic carbocycles. The fraction of sp³-hybridized carbons (Fsp3) is 1.00. The molecule has 94 valence electrons. The van der Waals surface area contributed by atoms with Crippen LogP contribution in [0.25, 0.3) is 0 Å². The van der Waals surface area contributed by atoms with E-state index in [-0.39, 0.29) is 0 Å². The molecular weight excluding hydrogens is 216 g/mol. The van der Waals surface area contributed by atoms with Gasteiger partial charge in [0.1, 0.15) is 0 Å². The monoisotopic (exact) mass is 242 g/mol. The summed E-state index contributed by atoms with van der Waals surface area (Å²) in [5, 5.41) is 0. The molecular formula is C13H26N2S. The molecule has 2 fully saturated rings. The number of rotatable bonds is 5. The van der Waals surface area contributed by atoms with E-state index >= 15 is 0 Å². The minimum Gasteiger partial charge on any atom is -0.300 e. The second-order valence-corrected chi connectivity index (χ2v) is 5.79. The maximum atomic E-state index is 4.49. The Balaban J connectivity index is 1.77. The van der Waals surface area contributed by atoms with Gasteiger partial charge in [0.25, 0.3) is 0 Å². The van der Waals surface area contributed by atoms with Gasteiger partial charge in [-0.3, -0.25) is 4.90 Å². The first-order valence-corrected chi connectivity index (χ1v) is 7.54. The maximum absolute atomic E-state index is 4.49. The number of thiol groups is 1. The molecule has 2 nitrogen and oxygen atoms in total. The molecule has 2 saturated heterocycles. The van der Waals surface area contributed by atoms with E-state index in [4.69, 9.17) is 0 Å². The molecule has 2 atom stereocenters. The Kier molecular flexibility index (Phi) is 4.98. The molecule has 0 aromatic rings. The molecule has 0 N–H and O–H groups in total. The molecule has 0 bridgehead atoms. The van der Waals surface area contributed by atoms with Crippen molar-refractivity contribution in [2.75, 3.05) is 38.5 Å². The summed E-state index contributed by atoms with van der Waals surface area (Å²) in [6.07, 6.45) is 5.49. The van der Waals surface area contributed by atoms with Crippen LogP contribution in [0.1, 0.15) is 32.6 Å². The van der Waals surface area contributed by atoms with Gasteiger partial charge in [-0.25, -0.2) is 0 Å². The van der Waals surface area contributed by atoms with E-state index in [9.17, 15) is 0 Å². The van der Waals surface area contributed by atoms with Gasteiger partial charge in [0.05, 0.1) is 0 Å². The summed E-state index contributed by atoms with van der Waals surface area (Å²) in [6.45, 7) is 8.81. The lowest BCUT2D eigenvalue weighted by molar-refractivity contribution is 0.0932. The Morgan fingerprint density at radius 1 is 1.31 bits per heavy atom. The van der Waals surface area contributed by atoms with Crippen LogP contribution >= 0.6 is 12.6 Å². The molecule has 0 aromatic heterocycles. The fourth-order valence-electron chi connectivity index (χ4n) is 3.24. The normalized spacial score (nSPS) is 29.2. The molecule has 0 saturated carbocycles. The van der Waals surface area contributed by atoms with E-state index in [1.54, 1.807) is 0 Å². The molecule has 2 aliphatic heterocycles. The maximum Gasteiger partial charge on any atom is 0.0224 e. The Bertz CT molecular complexity index is 210. The van der Waals surface area contributed by atoms with Crippen LogP contribution in [0, 0.1) is 5.92 Å². The van der Waals surface area contributed by atoms with Crippen LogP contribution in [0.5, 0.6) is 0 Å². The van der Waals surface area contributed by atoms with Crippen molar-refractivity contribution in [3.63, 3.8) is 0 Å². The van der Waals surface area contributed by atoms with Crippen molar-refractivity contribution in [2.45, 2.75) is 38.6 Å². The van der Waals surface area contributed by atoms with Gasteiger partial charge in [0.2, 0.25) is 0 Å². The zero-order valence-corrected chi connectivity index (χ0v) is 11.5. The third-order valence-corrected chi connectivity index (χ3v) is 4.66. The van der Waals surface area contributed by atoms with Crippen molar-refractivity contribution in [3.8, 4) is 0 Å². The zero-order chi connectivity index (χ0) is 11.4. The van der Waals surface area contributed by atoms with Gasteiger partial charge in [0.15, 0.2) is 0 Å². The summed E-state index contributed by atoms with van der Waals surface area (Å²) in [5.41, 5.74) is 0. The Morgan fingerprint density at radius 2 is 2.19 bits per heavy atom. The average molecular weight is 242 g/mol. The van der Waals surface area contributed by atoms with Gasteiger partial charge in [-0.05, 0) is 37.5 Å². The predicted molar refractivity (Wildman–Crippen MR) is 73.3 cm³/mol. The van der Waals surface area contributed by atoms with E-state index in [1.807, 2.05) is 0 Å². The highest BCUT2D eigenvalue weighted by molar-refractivity contribution is 7.80. The molecule has 0 radical (unpaired) electrons. The third kappa shape index (κ3) is 3.14. The van der Waals surface area contributed by atoms with Crippen molar-refractivity contribution in [1.82, 2.24) is 9.80 Å². The van der Waals surface area contributed by atoms with Gasteiger partial charge in [-0.1, -0.05) is 13.3 Å². The van der Waals surface area contributed by atoms with E-state index in [0.717, 1.165) is 17.7 Å². The second kappa shape index (κ2) is 6.27. The summed E-state index contributed by atoms with van der Waals surface area (Å²) in [7, 11) is 0. The minimum atomic E-state index is 0.807. The standard InChI is InChI=1S/C13H26N2S/c1-2-4-12(11-16)9-14-7-8-15-6-3-5-13(15)10-14/h12-13,16H,2-11H2,1H3. The van der Waals surface area contributed by atoms with Crippen LogP contribution < -0.4 is 0 Å². The highest BCUT2D eigenvalue weighted by Gasteiger charge is 2.30.